The number of fused-ring (bicyclic) bond motifs is 2. The molecule has 1 aromatic heterocycles. The number of hydrogen-bond acceptors (Lipinski definition) is 16. The number of hydrogen-bond donors (Lipinski definition) is 1. The number of nitrogens with zero attached hydrogens (tertiary/aromatic N) is 6. The highest BCUT2D eigenvalue weighted by Gasteiger charge is 2.40. The Labute approximate surface area is 436 Å². The van der Waals surface area contributed by atoms with Crippen LogP contribution in [-0.4, -0.2) is 140 Å². The molecule has 2 saturated heterocycles. The number of hydroxylamine groups is 2. The van der Waals surface area contributed by atoms with Gasteiger partial charge in [-0.1, -0.05) is 42.0 Å². The number of carbonyl (C=O) groups is 7. The van der Waals surface area contributed by atoms with Gasteiger partial charge in [-0.25, -0.2) is 34.4 Å². The maximum atomic E-state index is 15.0. The van der Waals surface area contributed by atoms with Gasteiger partial charge in [-0.2, -0.15) is 8.87 Å². The number of nitrogen functional groups attached to an aromatic ring is 1. The van der Waals surface area contributed by atoms with Crippen molar-refractivity contribution in [3.63, 3.8) is 0 Å². The predicted molar refractivity (Wildman–Crippen MR) is 270 cm³/mol. The Morgan fingerprint density at radius 3 is 1.89 bits per heavy atom. The summed E-state index contributed by atoms with van der Waals surface area (Å²) in [4.78, 5) is 99.0. The molecule has 4 heterocycles. The van der Waals surface area contributed by atoms with Gasteiger partial charge in [0.05, 0.1) is 43.1 Å². The van der Waals surface area contributed by atoms with E-state index in [1.807, 2.05) is 4.57 Å². The van der Waals surface area contributed by atoms with Crippen molar-refractivity contribution in [3.8, 4) is 0 Å². The van der Waals surface area contributed by atoms with Gasteiger partial charge in [0.25, 0.3) is 39.6 Å². The molecule has 76 heavy (non-hydrogen) atoms. The third-order valence-corrected chi connectivity index (χ3v) is 18.2. The molecule has 0 unspecified atom stereocenters. The van der Waals surface area contributed by atoms with Crippen LogP contribution in [0.5, 0.6) is 0 Å². The van der Waals surface area contributed by atoms with E-state index < -0.39 is 102 Å². The first-order valence-electron chi connectivity index (χ1n) is 24.0. The summed E-state index contributed by atoms with van der Waals surface area (Å²) in [5.74, 6) is -6.13. The van der Waals surface area contributed by atoms with Gasteiger partial charge in [0.2, 0.25) is 27.0 Å². The van der Waals surface area contributed by atoms with Crippen LogP contribution >= 0.6 is 0 Å². The van der Waals surface area contributed by atoms with E-state index in [0.717, 1.165) is 11.6 Å². The van der Waals surface area contributed by atoms with Crippen LogP contribution < -0.4 is 10.3 Å². The second kappa shape index (κ2) is 20.4. The highest BCUT2D eigenvalue weighted by Crippen LogP contribution is 2.38. The van der Waals surface area contributed by atoms with Gasteiger partial charge in [-0.15, -0.1) is 5.06 Å². The first-order valence-corrected chi connectivity index (χ1v) is 28.4. The minimum Gasteiger partial charge on any atom is -0.744 e. The Balaban J connectivity index is 0.900. The van der Waals surface area contributed by atoms with Crippen molar-refractivity contribution in [3.05, 3.63) is 119 Å². The van der Waals surface area contributed by atoms with E-state index in [9.17, 15) is 58.6 Å². The summed E-state index contributed by atoms with van der Waals surface area (Å²) in [5.41, 5.74) is 7.54. The molecule has 0 bridgehead atoms. The minimum atomic E-state index is -5.15. The maximum Gasteiger partial charge on any atom is 0.333 e. The van der Waals surface area contributed by atoms with Gasteiger partial charge >= 0.3 is 5.97 Å². The van der Waals surface area contributed by atoms with E-state index in [-0.39, 0.29) is 96.5 Å². The molecule has 0 saturated carbocycles. The largest absolute Gasteiger partial charge is 0.744 e. The molecule has 0 atom stereocenters. The maximum absolute atomic E-state index is 15.0. The van der Waals surface area contributed by atoms with E-state index in [1.165, 1.54) is 33.5 Å². The molecule has 0 aliphatic carbocycles. The van der Waals surface area contributed by atoms with E-state index in [2.05, 4.69) is 0 Å². The summed E-state index contributed by atoms with van der Waals surface area (Å²) < 4.78 is 96.8. The Morgan fingerprint density at radius 2 is 1.30 bits per heavy atom. The van der Waals surface area contributed by atoms with Crippen molar-refractivity contribution in [1.82, 2.24) is 23.5 Å². The highest BCUT2D eigenvalue weighted by atomic mass is 32.2. The number of aromatic nitrogens is 1. The predicted octanol–water partition coefficient (Wildman–Crippen LogP) is 2.92. The number of imide groups is 2. The number of amides is 6. The molecule has 396 valence electrons. The summed E-state index contributed by atoms with van der Waals surface area (Å²) in [7, 11) is -13.7. The van der Waals surface area contributed by atoms with E-state index in [0.29, 0.717) is 41.6 Å². The van der Waals surface area contributed by atoms with Crippen LogP contribution in [-0.2, 0) is 60.7 Å². The Kier molecular flexibility index (Phi) is 14.3. The number of para-hydroxylation sites is 2. The number of nitrogens with two attached hydrogens (primary N) is 1. The number of rotatable bonds is 16. The highest BCUT2D eigenvalue weighted by molar-refractivity contribution is 7.89. The van der Waals surface area contributed by atoms with E-state index in [1.54, 1.807) is 74.5 Å². The Morgan fingerprint density at radius 1 is 0.724 bits per heavy atom. The van der Waals surface area contributed by atoms with Gasteiger partial charge in [-0.3, -0.25) is 33.7 Å². The number of aryl methyl sites for hydroxylation is 3. The smallest absolute Gasteiger partial charge is 0.333 e. The number of sulfonamides is 2. The quantitative estimate of drug-likeness (QED) is 0.0479. The molecule has 9 rings (SSSR count). The zero-order valence-corrected chi connectivity index (χ0v) is 43.4. The molecule has 3 aliphatic rings. The SMILES string of the molecule is Cc1ccc(S(=O)(=O)N(CCCC(=O)ON2C(=O)CCC2=O)C(=O)c2c3ccccc3[n+](CCCS(=O)(=O)N3CCN(C(=O)CN4C(=O)c5cc(C)cc6c(N)c(S(=O)(=O)[O-])cc(c56)C4=O)CC3)c3ccccc23)cc1. The van der Waals surface area contributed by atoms with Crippen molar-refractivity contribution in [2.75, 3.05) is 50.8 Å². The molecule has 5 aromatic carbocycles. The number of piperazine rings is 1. The summed E-state index contributed by atoms with van der Waals surface area (Å²) in [6, 6.07) is 23.1. The zero-order chi connectivity index (χ0) is 54.6. The van der Waals surface area contributed by atoms with Gasteiger partial charge in [0.1, 0.15) is 16.7 Å². The van der Waals surface area contributed by atoms with Crippen LogP contribution in [0.1, 0.15) is 74.3 Å². The fourth-order valence-corrected chi connectivity index (χ4v) is 13.3. The van der Waals surface area contributed by atoms with E-state index >= 15 is 4.79 Å². The van der Waals surface area contributed by atoms with Crippen molar-refractivity contribution >= 4 is 110 Å². The van der Waals surface area contributed by atoms with Crippen LogP contribution in [0.3, 0.4) is 0 Å². The van der Waals surface area contributed by atoms with Crippen LogP contribution in [0.2, 0.25) is 0 Å². The lowest BCUT2D eigenvalue weighted by molar-refractivity contribution is -0.645. The summed E-state index contributed by atoms with van der Waals surface area (Å²) >= 11 is 0. The van der Waals surface area contributed by atoms with E-state index in [4.69, 9.17) is 10.6 Å². The monoisotopic (exact) mass is 1100 g/mol. The Hall–Kier alpha value is -7.71. The molecule has 3 aliphatic heterocycles. The second-order valence-corrected chi connectivity index (χ2v) is 23.9. The normalized spacial score (nSPS) is 15.6. The lowest BCUT2D eigenvalue weighted by atomic mass is 9.91. The molecular weight excluding hydrogens is 1050 g/mol. The van der Waals surface area contributed by atoms with Gasteiger partial charge in [-0.05, 0) is 68.3 Å². The molecule has 0 radical (unpaired) electrons. The van der Waals surface area contributed by atoms with Crippen molar-refractivity contribution < 1.29 is 72.8 Å². The number of pyridine rings is 1. The minimum absolute atomic E-state index is 0.0156. The number of carbonyl (C=O) groups excluding carboxylic acids is 7. The number of anilines is 1. The molecule has 25 heteroatoms. The molecule has 22 nitrogen and oxygen atoms in total. The average Bonchev–Trinajstić information content (AvgIpc) is 3.70. The van der Waals surface area contributed by atoms with Gasteiger partial charge in [0, 0.05) is 86.9 Å². The van der Waals surface area contributed by atoms with Crippen LogP contribution in [0.4, 0.5) is 5.69 Å². The van der Waals surface area contributed by atoms with Crippen molar-refractivity contribution in [2.45, 2.75) is 62.3 Å². The second-order valence-electron chi connectivity index (χ2n) is 18.6. The van der Waals surface area contributed by atoms with Crippen LogP contribution in [0, 0.1) is 13.8 Å². The third-order valence-electron chi connectivity index (χ3n) is 13.6. The summed E-state index contributed by atoms with van der Waals surface area (Å²) in [5, 5.41) is 1.16. The lowest BCUT2D eigenvalue weighted by Gasteiger charge is -2.35. The van der Waals surface area contributed by atoms with Crippen molar-refractivity contribution in [2.24, 2.45) is 0 Å². The summed E-state index contributed by atoms with van der Waals surface area (Å²) in [6.45, 7) is 1.84. The summed E-state index contributed by atoms with van der Waals surface area (Å²) in [6.07, 6.45) is -0.854. The number of benzene rings is 5. The fourth-order valence-electron chi connectivity index (χ4n) is 9.81. The first kappa shape index (κ1) is 53.1. The van der Waals surface area contributed by atoms with Gasteiger partial charge < -0.3 is 20.0 Å². The molecule has 0 spiro atoms. The average molecular weight is 1100 g/mol. The Bertz CT molecular complexity index is 3770. The molecule has 6 amide bonds. The van der Waals surface area contributed by atoms with Crippen LogP contribution in [0.25, 0.3) is 32.6 Å². The van der Waals surface area contributed by atoms with Crippen LogP contribution in [0.15, 0.2) is 101 Å². The lowest BCUT2D eigenvalue weighted by Crippen LogP contribution is -2.54. The molecule has 2 N–H and O–H groups in total. The topological polar surface area (TPSA) is 300 Å². The molecule has 6 aromatic rings. The fraction of sp³-hybridized carbons (Fsp3) is 0.294. The molecule has 2 fully saturated rings. The first-order chi connectivity index (χ1) is 36.0. The van der Waals surface area contributed by atoms with Gasteiger partial charge in [0.15, 0.2) is 6.54 Å². The third kappa shape index (κ3) is 9.98. The van der Waals surface area contributed by atoms with Crippen molar-refractivity contribution in [1.29, 1.82) is 0 Å². The molecular formula is C51H49N7O15S3. The standard InChI is InChI=1S/C51H49N7O15S3/c1-31-14-16-33(17-15-31)75(68,69)57(21-7-13-45(62)73-58-42(59)18-19-43(58)60)51(65)47-34-9-3-5-11-39(34)55(40-12-6-4-10-35(40)47)20-8-26-74(66,67)54-24-22-53(23-25-54)44(61)30-56-49(63)37-28-32(2)27-36-46(37)38(50(56)64)29-41(48(36)52)76(70,71)72/h3-6,9-12,14-17,27-29H,7-8,13,18-26,30H2,1-2H3,(H2-,52,63,64,70,71,72). The zero-order valence-electron chi connectivity index (χ0n) is 41.0.